The second kappa shape index (κ2) is 12.9. The zero-order chi connectivity index (χ0) is 31.5. The third-order valence-corrected chi connectivity index (χ3v) is 8.34. The van der Waals surface area contributed by atoms with E-state index in [1.54, 1.807) is 6.07 Å². The average Bonchev–Trinajstić information content (AvgIpc) is 3.50. The molecular weight excluding hydrogens is 568 g/mol. The van der Waals surface area contributed by atoms with E-state index in [9.17, 15) is 18.0 Å². The number of hydrogen-bond acceptors (Lipinski definition) is 7. The molecule has 1 aliphatic rings. The van der Waals surface area contributed by atoms with Crippen LogP contribution in [0.3, 0.4) is 0 Å². The van der Waals surface area contributed by atoms with Crippen molar-refractivity contribution < 1.29 is 22.7 Å². The molecule has 1 saturated heterocycles. The Bertz CT molecular complexity index is 1610. The summed E-state index contributed by atoms with van der Waals surface area (Å²) in [5.41, 5.74) is 3.51. The number of hydrogen-bond donors (Lipinski definition) is 4. The van der Waals surface area contributed by atoms with Gasteiger partial charge in [-0.3, -0.25) is 14.3 Å². The second-order valence-corrected chi connectivity index (χ2v) is 14.1. The largest absolute Gasteiger partial charge is 0.492 e. The Kier molecular flexibility index (Phi) is 9.73. The molecule has 4 rings (SSSR count). The third-order valence-electron chi connectivity index (χ3n) is 7.75. The van der Waals surface area contributed by atoms with E-state index >= 15 is 0 Å². The number of para-hydroxylation sites is 1. The van der Waals surface area contributed by atoms with E-state index in [2.05, 4.69) is 25.6 Å². The van der Waals surface area contributed by atoms with E-state index < -0.39 is 10.0 Å². The van der Waals surface area contributed by atoms with Gasteiger partial charge in [-0.15, -0.1) is 0 Å². The summed E-state index contributed by atoms with van der Waals surface area (Å²) in [7, 11) is 1.72. The highest BCUT2D eigenvalue weighted by Gasteiger charge is 2.26. The number of carbonyl (C=O) groups is 2. The Hall–Kier alpha value is -3.61. The summed E-state index contributed by atoms with van der Waals surface area (Å²) in [5.74, 6) is 0.0374. The van der Waals surface area contributed by atoms with Gasteiger partial charge in [-0.1, -0.05) is 39.0 Å². The number of ether oxygens (including phenoxy) is 1. The summed E-state index contributed by atoms with van der Waals surface area (Å²) in [6, 6.07) is 11.3. The highest BCUT2D eigenvalue weighted by molar-refractivity contribution is 7.92. The van der Waals surface area contributed by atoms with Crippen molar-refractivity contribution in [3.05, 3.63) is 53.2 Å². The van der Waals surface area contributed by atoms with Crippen LogP contribution in [0.5, 0.6) is 5.75 Å². The van der Waals surface area contributed by atoms with Crippen LogP contribution in [0.1, 0.15) is 48.8 Å². The van der Waals surface area contributed by atoms with Crippen molar-refractivity contribution in [2.45, 2.75) is 39.2 Å². The molecule has 2 heterocycles. The fraction of sp³-hybridized carbons (Fsp3) is 0.484. The predicted molar refractivity (Wildman–Crippen MR) is 171 cm³/mol. The van der Waals surface area contributed by atoms with Crippen LogP contribution < -0.4 is 25.4 Å². The summed E-state index contributed by atoms with van der Waals surface area (Å²) < 4.78 is 34.1. The molecule has 43 heavy (non-hydrogen) atoms. The molecule has 234 valence electrons. The fourth-order valence-electron chi connectivity index (χ4n) is 5.49. The van der Waals surface area contributed by atoms with Crippen LogP contribution in [0.15, 0.2) is 36.4 Å². The standard InChI is InChI=1S/C31H44N6O5S/c1-31(2,3)23-16-24(28(42-6)25(17-23)35-43(7,40)41)34-30(39)26-15-20-9-8-10-21(27(20)37(26)5)18-32-12-13-33-29(38)22-11-14-36(4)19-22/h8-10,15-17,22,32,35H,11-14,18-19H2,1-7H3,(H,33,38)(H,34,39)/t22-/m0/s1. The van der Waals surface area contributed by atoms with Gasteiger partial charge in [0.1, 0.15) is 5.69 Å². The number of carbonyl (C=O) groups excluding carboxylic acids is 2. The lowest BCUT2D eigenvalue weighted by atomic mass is 9.86. The highest BCUT2D eigenvalue weighted by Crippen LogP contribution is 2.39. The van der Waals surface area contributed by atoms with Gasteiger partial charge in [0.05, 0.1) is 36.2 Å². The lowest BCUT2D eigenvalue weighted by molar-refractivity contribution is -0.124. The molecule has 0 saturated carbocycles. The van der Waals surface area contributed by atoms with Crippen LogP contribution in [0.2, 0.25) is 0 Å². The number of likely N-dealkylation sites (tertiary alicyclic amines) is 1. The first-order valence-electron chi connectivity index (χ1n) is 14.4. The molecule has 1 aromatic heterocycles. The van der Waals surface area contributed by atoms with Gasteiger partial charge < -0.3 is 30.2 Å². The van der Waals surface area contributed by atoms with Gasteiger partial charge in [-0.2, -0.15) is 0 Å². The van der Waals surface area contributed by atoms with Crippen LogP contribution in [0.25, 0.3) is 10.9 Å². The third kappa shape index (κ3) is 7.87. The zero-order valence-electron chi connectivity index (χ0n) is 26.1. The molecule has 0 aliphatic carbocycles. The number of aromatic nitrogens is 1. The summed E-state index contributed by atoms with van der Waals surface area (Å²) >= 11 is 0. The fourth-order valence-corrected chi connectivity index (χ4v) is 6.04. The maximum Gasteiger partial charge on any atom is 0.272 e. The van der Waals surface area contributed by atoms with Gasteiger partial charge in [0.2, 0.25) is 15.9 Å². The minimum Gasteiger partial charge on any atom is -0.492 e. The van der Waals surface area contributed by atoms with E-state index in [-0.39, 0.29) is 34.6 Å². The molecular formula is C31H44N6O5S. The summed E-state index contributed by atoms with van der Waals surface area (Å²) in [6.45, 7) is 9.51. The van der Waals surface area contributed by atoms with Crippen LogP contribution in [0, 0.1) is 5.92 Å². The SMILES string of the molecule is COc1c(NC(=O)c2cc3cccc(CNCCNC(=O)[C@H]4CCN(C)C4)c3n2C)cc(C(C)(C)C)cc1NS(C)(=O)=O. The molecule has 2 amide bonds. The highest BCUT2D eigenvalue weighted by atomic mass is 32.2. The summed E-state index contributed by atoms with van der Waals surface area (Å²) in [6.07, 6.45) is 1.97. The second-order valence-electron chi connectivity index (χ2n) is 12.3. The first-order valence-corrected chi connectivity index (χ1v) is 16.3. The van der Waals surface area contributed by atoms with Crippen molar-refractivity contribution in [3.8, 4) is 5.75 Å². The van der Waals surface area contributed by atoms with Crippen LogP contribution in [-0.2, 0) is 33.8 Å². The van der Waals surface area contributed by atoms with E-state index in [1.165, 1.54) is 7.11 Å². The molecule has 0 bridgehead atoms. The Morgan fingerprint density at radius 3 is 2.42 bits per heavy atom. The number of methoxy groups -OCH3 is 1. The minimum absolute atomic E-state index is 0.0603. The predicted octanol–water partition coefficient (Wildman–Crippen LogP) is 3.27. The van der Waals surface area contributed by atoms with Crippen molar-refractivity contribution in [2.24, 2.45) is 13.0 Å². The Morgan fingerprint density at radius 2 is 1.79 bits per heavy atom. The monoisotopic (exact) mass is 612 g/mol. The number of aryl methyl sites for hydroxylation is 1. The molecule has 11 nitrogen and oxygen atoms in total. The number of amides is 2. The van der Waals surface area contributed by atoms with E-state index in [0.717, 1.165) is 47.8 Å². The van der Waals surface area contributed by atoms with Gasteiger partial charge in [0, 0.05) is 38.6 Å². The van der Waals surface area contributed by atoms with E-state index in [4.69, 9.17) is 4.74 Å². The van der Waals surface area contributed by atoms with E-state index in [0.29, 0.717) is 31.0 Å². The first kappa shape index (κ1) is 32.3. The molecule has 0 unspecified atom stereocenters. The average molecular weight is 613 g/mol. The lowest BCUT2D eigenvalue weighted by Gasteiger charge is -2.24. The molecule has 1 atom stereocenters. The smallest absolute Gasteiger partial charge is 0.272 e. The number of sulfonamides is 1. The number of benzene rings is 2. The van der Waals surface area contributed by atoms with Gasteiger partial charge in [0.25, 0.3) is 5.91 Å². The molecule has 0 spiro atoms. The van der Waals surface area contributed by atoms with Crippen molar-refractivity contribution in [2.75, 3.05) is 56.6 Å². The molecule has 3 aromatic rings. The van der Waals surface area contributed by atoms with Gasteiger partial charge in [0.15, 0.2) is 5.75 Å². The van der Waals surface area contributed by atoms with Gasteiger partial charge >= 0.3 is 0 Å². The lowest BCUT2D eigenvalue weighted by Crippen LogP contribution is -2.36. The molecule has 1 aliphatic heterocycles. The Balaban J connectivity index is 1.51. The summed E-state index contributed by atoms with van der Waals surface area (Å²) in [5, 5.41) is 10.3. The van der Waals surface area contributed by atoms with Crippen LogP contribution in [-0.4, -0.2) is 76.3 Å². The quantitative estimate of drug-likeness (QED) is 0.244. The molecule has 12 heteroatoms. The number of rotatable bonds is 11. The number of nitrogens with one attached hydrogen (secondary N) is 4. The summed E-state index contributed by atoms with van der Waals surface area (Å²) in [4.78, 5) is 28.2. The Labute approximate surface area is 254 Å². The maximum absolute atomic E-state index is 13.6. The van der Waals surface area contributed by atoms with Crippen molar-refractivity contribution >= 4 is 44.1 Å². The first-order chi connectivity index (χ1) is 20.2. The molecule has 4 N–H and O–H groups in total. The Morgan fingerprint density at radius 1 is 1.07 bits per heavy atom. The zero-order valence-corrected chi connectivity index (χ0v) is 26.9. The topological polar surface area (TPSA) is 134 Å². The number of fused-ring (bicyclic) bond motifs is 1. The number of nitrogens with zero attached hydrogens (tertiary/aromatic N) is 2. The van der Waals surface area contributed by atoms with Gasteiger partial charge in [-0.05, 0) is 54.8 Å². The van der Waals surface area contributed by atoms with Crippen molar-refractivity contribution in [1.29, 1.82) is 0 Å². The molecule has 0 radical (unpaired) electrons. The normalized spacial score (nSPS) is 15.9. The van der Waals surface area contributed by atoms with E-state index in [1.807, 2.05) is 69.8 Å². The maximum atomic E-state index is 13.6. The van der Waals surface area contributed by atoms with Crippen LogP contribution >= 0.6 is 0 Å². The minimum atomic E-state index is -3.60. The van der Waals surface area contributed by atoms with Crippen LogP contribution in [0.4, 0.5) is 11.4 Å². The molecule has 1 fully saturated rings. The van der Waals surface area contributed by atoms with Crippen molar-refractivity contribution in [3.63, 3.8) is 0 Å². The van der Waals surface area contributed by atoms with Gasteiger partial charge in [-0.25, -0.2) is 8.42 Å². The number of anilines is 2. The van der Waals surface area contributed by atoms with Crippen molar-refractivity contribution in [1.82, 2.24) is 20.1 Å². The molecule has 2 aromatic carbocycles.